The molecule has 2 aromatic carbocycles. The number of fused-ring (bicyclic) bond motifs is 1. The number of nitrogens with two attached hydrogens (primary N) is 1. The van der Waals surface area contributed by atoms with E-state index in [-0.39, 0.29) is 5.76 Å². The molecular weight excluding hydrogens is 268 g/mol. The molecule has 0 aliphatic heterocycles. The molecule has 0 bridgehead atoms. The molecular formula is C16H12N2O3. The lowest BCUT2D eigenvalue weighted by molar-refractivity contribution is 0.411. The Labute approximate surface area is 121 Å². The maximum atomic E-state index is 9.19. The average molecular weight is 280 g/mol. The molecule has 2 N–H and O–H groups in total. The molecule has 0 aliphatic carbocycles. The second kappa shape index (κ2) is 5.10. The van der Waals surface area contributed by atoms with Gasteiger partial charge in [0.15, 0.2) is 11.5 Å². The van der Waals surface area contributed by atoms with Crippen LogP contribution < -0.4 is 15.2 Å². The first-order valence-electron chi connectivity index (χ1n) is 6.26. The number of benzene rings is 2. The molecule has 5 heteroatoms. The predicted molar refractivity (Wildman–Crippen MR) is 78.4 cm³/mol. The highest BCUT2D eigenvalue weighted by Crippen LogP contribution is 2.39. The first-order valence-corrected chi connectivity index (χ1v) is 6.26. The highest BCUT2D eigenvalue weighted by molar-refractivity contribution is 5.87. The molecule has 1 aromatic heterocycles. The monoisotopic (exact) mass is 280 g/mol. The quantitative estimate of drug-likeness (QED) is 0.740. The number of hydrogen-bond acceptors (Lipinski definition) is 5. The summed E-state index contributed by atoms with van der Waals surface area (Å²) in [5, 5.41) is 9.91. The lowest BCUT2D eigenvalue weighted by Gasteiger charge is -2.10. The Bertz CT molecular complexity index is 846. The Hall–Kier alpha value is -3.13. The maximum absolute atomic E-state index is 9.19. The van der Waals surface area contributed by atoms with Crippen LogP contribution in [0, 0.1) is 11.3 Å². The first kappa shape index (κ1) is 12.9. The second-order valence-electron chi connectivity index (χ2n) is 4.34. The van der Waals surface area contributed by atoms with Crippen molar-refractivity contribution in [1.29, 1.82) is 5.26 Å². The van der Waals surface area contributed by atoms with E-state index < -0.39 is 0 Å². The molecule has 21 heavy (non-hydrogen) atoms. The zero-order valence-corrected chi connectivity index (χ0v) is 11.3. The van der Waals surface area contributed by atoms with E-state index in [2.05, 4.69) is 0 Å². The number of nitrogens with zero attached hydrogens (tertiary/aromatic N) is 1. The van der Waals surface area contributed by atoms with E-state index >= 15 is 0 Å². The van der Waals surface area contributed by atoms with Crippen LogP contribution in [0.15, 0.2) is 46.9 Å². The van der Waals surface area contributed by atoms with Gasteiger partial charge in [-0.05, 0) is 24.3 Å². The average Bonchev–Trinajstić information content (AvgIpc) is 2.87. The predicted octanol–water partition coefficient (Wildman–Crippen LogP) is 3.69. The summed E-state index contributed by atoms with van der Waals surface area (Å²) in [7, 11) is 1.53. The van der Waals surface area contributed by atoms with Gasteiger partial charge in [-0.2, -0.15) is 5.26 Å². The van der Waals surface area contributed by atoms with Gasteiger partial charge in [-0.1, -0.05) is 18.2 Å². The third-order valence-electron chi connectivity index (χ3n) is 3.11. The van der Waals surface area contributed by atoms with Crippen molar-refractivity contribution >= 4 is 16.7 Å². The van der Waals surface area contributed by atoms with Gasteiger partial charge in [0.1, 0.15) is 23.1 Å². The molecule has 0 radical (unpaired) electrons. The van der Waals surface area contributed by atoms with Gasteiger partial charge >= 0.3 is 0 Å². The van der Waals surface area contributed by atoms with Gasteiger partial charge in [-0.15, -0.1) is 0 Å². The number of hydrogen-bond donors (Lipinski definition) is 1. The van der Waals surface area contributed by atoms with E-state index in [1.54, 1.807) is 24.3 Å². The van der Waals surface area contributed by atoms with Crippen LogP contribution in [0.3, 0.4) is 0 Å². The molecule has 0 unspecified atom stereocenters. The molecule has 0 spiro atoms. The van der Waals surface area contributed by atoms with Crippen molar-refractivity contribution in [3.8, 4) is 23.3 Å². The van der Waals surface area contributed by atoms with E-state index in [0.29, 0.717) is 28.5 Å². The largest absolute Gasteiger partial charge is 0.494 e. The summed E-state index contributed by atoms with van der Waals surface area (Å²) >= 11 is 0. The number of ether oxygens (including phenoxy) is 2. The Morgan fingerprint density at radius 2 is 1.86 bits per heavy atom. The Morgan fingerprint density at radius 3 is 2.62 bits per heavy atom. The number of methoxy groups -OCH3 is 1. The van der Waals surface area contributed by atoms with Crippen molar-refractivity contribution in [3.63, 3.8) is 0 Å². The lowest BCUT2D eigenvalue weighted by atomic mass is 10.2. The Balaban J connectivity index is 2.12. The van der Waals surface area contributed by atoms with Crippen LogP contribution in [0.2, 0.25) is 0 Å². The summed E-state index contributed by atoms with van der Waals surface area (Å²) < 4.78 is 16.4. The van der Waals surface area contributed by atoms with E-state index in [1.165, 1.54) is 7.11 Å². The number of anilines is 1. The third kappa shape index (κ3) is 2.13. The molecule has 0 saturated heterocycles. The third-order valence-corrected chi connectivity index (χ3v) is 3.11. The number of nitrogen functional groups attached to an aromatic ring is 1. The van der Waals surface area contributed by atoms with E-state index in [1.807, 2.05) is 24.3 Å². The van der Waals surface area contributed by atoms with Gasteiger partial charge in [-0.3, -0.25) is 0 Å². The van der Waals surface area contributed by atoms with Crippen molar-refractivity contribution in [2.45, 2.75) is 0 Å². The molecule has 5 nitrogen and oxygen atoms in total. The summed E-state index contributed by atoms with van der Waals surface area (Å²) in [5.41, 5.74) is 6.94. The molecule has 0 atom stereocenters. The molecule has 104 valence electrons. The van der Waals surface area contributed by atoms with Crippen molar-refractivity contribution in [2.75, 3.05) is 12.8 Å². The van der Waals surface area contributed by atoms with Crippen LogP contribution in [0.5, 0.6) is 17.2 Å². The topological polar surface area (TPSA) is 81.4 Å². The van der Waals surface area contributed by atoms with Crippen LogP contribution in [0.4, 0.5) is 5.69 Å². The van der Waals surface area contributed by atoms with Gasteiger partial charge in [0.05, 0.1) is 12.5 Å². The maximum Gasteiger partial charge on any atom is 0.247 e. The molecule has 0 saturated carbocycles. The van der Waals surface area contributed by atoms with Crippen LogP contribution in [0.1, 0.15) is 5.76 Å². The molecule has 3 aromatic rings. The molecule has 0 aliphatic rings. The van der Waals surface area contributed by atoms with E-state index in [9.17, 15) is 5.26 Å². The summed E-state index contributed by atoms with van der Waals surface area (Å²) in [6, 6.07) is 14.5. The normalized spacial score (nSPS) is 10.3. The smallest absolute Gasteiger partial charge is 0.247 e. The van der Waals surface area contributed by atoms with Crippen LogP contribution in [-0.4, -0.2) is 7.11 Å². The zero-order chi connectivity index (χ0) is 14.8. The first-order chi connectivity index (χ1) is 10.2. The van der Waals surface area contributed by atoms with Gasteiger partial charge in [-0.25, -0.2) is 0 Å². The molecule has 3 rings (SSSR count). The standard InChI is InChI=1S/C16H12N2O3/c1-19-12-7-4-8-13(15(12)18)21-16-10-5-2-3-6-11(10)20-14(16)9-17/h2-8H,18H2,1H3. The number of nitriles is 1. The van der Waals surface area contributed by atoms with E-state index in [0.717, 1.165) is 5.39 Å². The minimum Gasteiger partial charge on any atom is -0.494 e. The van der Waals surface area contributed by atoms with Crippen LogP contribution in [-0.2, 0) is 0 Å². The van der Waals surface area contributed by atoms with Crippen molar-refractivity contribution in [2.24, 2.45) is 0 Å². The van der Waals surface area contributed by atoms with Crippen molar-refractivity contribution in [3.05, 3.63) is 48.2 Å². The zero-order valence-electron chi connectivity index (χ0n) is 11.3. The summed E-state index contributed by atoms with van der Waals surface area (Å²) in [4.78, 5) is 0. The molecule has 0 fully saturated rings. The van der Waals surface area contributed by atoms with Gasteiger partial charge in [0.25, 0.3) is 0 Å². The van der Waals surface area contributed by atoms with Crippen molar-refractivity contribution in [1.82, 2.24) is 0 Å². The number of furan rings is 1. The van der Waals surface area contributed by atoms with Crippen LogP contribution >= 0.6 is 0 Å². The second-order valence-corrected chi connectivity index (χ2v) is 4.34. The van der Waals surface area contributed by atoms with Crippen LogP contribution in [0.25, 0.3) is 11.0 Å². The Kier molecular flexibility index (Phi) is 3.13. The molecule has 0 amide bonds. The summed E-state index contributed by atoms with van der Waals surface area (Å²) in [6.45, 7) is 0. The fourth-order valence-corrected chi connectivity index (χ4v) is 2.10. The summed E-state index contributed by atoms with van der Waals surface area (Å²) in [6.07, 6.45) is 0. The summed E-state index contributed by atoms with van der Waals surface area (Å²) in [5.74, 6) is 1.39. The SMILES string of the molecule is COc1cccc(Oc2c(C#N)oc3ccccc23)c1N. The highest BCUT2D eigenvalue weighted by atomic mass is 16.5. The van der Waals surface area contributed by atoms with Gasteiger partial charge in [0.2, 0.25) is 5.76 Å². The van der Waals surface area contributed by atoms with Crippen molar-refractivity contribution < 1.29 is 13.9 Å². The Morgan fingerprint density at radius 1 is 1.10 bits per heavy atom. The minimum atomic E-state index is 0.110. The fraction of sp³-hybridized carbons (Fsp3) is 0.0625. The minimum absolute atomic E-state index is 0.110. The fourth-order valence-electron chi connectivity index (χ4n) is 2.10. The van der Waals surface area contributed by atoms with Gasteiger partial charge < -0.3 is 19.6 Å². The lowest BCUT2D eigenvalue weighted by Crippen LogP contribution is -1.96. The molecule has 1 heterocycles. The van der Waals surface area contributed by atoms with E-state index in [4.69, 9.17) is 19.6 Å². The highest BCUT2D eigenvalue weighted by Gasteiger charge is 2.17. The number of rotatable bonds is 3. The number of para-hydroxylation sites is 2. The van der Waals surface area contributed by atoms with Gasteiger partial charge in [0, 0.05) is 0 Å².